The van der Waals surface area contributed by atoms with Crippen LogP contribution in [0.1, 0.15) is 19.8 Å². The summed E-state index contributed by atoms with van der Waals surface area (Å²) < 4.78 is 116. The highest BCUT2D eigenvalue weighted by atomic mass is 19.4. The smallest absolute Gasteiger partial charge is 0.317 e. The highest BCUT2D eigenvalue weighted by molar-refractivity contribution is 4.71. The maximum absolute atomic E-state index is 13.1. The van der Waals surface area contributed by atoms with E-state index in [0.717, 1.165) is 0 Å². The lowest BCUT2D eigenvalue weighted by Crippen LogP contribution is -2.51. The van der Waals surface area contributed by atoms with Crippen LogP contribution in [0.4, 0.5) is 39.5 Å². The van der Waals surface area contributed by atoms with Gasteiger partial charge >= 0.3 is 24.5 Å². The molecule has 0 amide bonds. The van der Waals surface area contributed by atoms with Crippen molar-refractivity contribution in [3.8, 4) is 0 Å². The third kappa shape index (κ3) is 6.32. The van der Waals surface area contributed by atoms with Crippen molar-refractivity contribution in [2.24, 2.45) is 0 Å². The van der Waals surface area contributed by atoms with Gasteiger partial charge in [0, 0.05) is 0 Å². The molecule has 0 bridgehead atoms. The Hall–Kier alpha value is -0.710. The summed E-state index contributed by atoms with van der Waals surface area (Å²) in [5.41, 5.74) is 0. The third-order valence-corrected chi connectivity index (χ3v) is 1.52. The van der Waals surface area contributed by atoms with Gasteiger partial charge in [-0.15, -0.1) is 0 Å². The fourth-order valence-corrected chi connectivity index (χ4v) is 0.864. The molecule has 0 radical (unpaired) electrons. The fraction of sp³-hybridized carbons (Fsp3) is 1.00. The van der Waals surface area contributed by atoms with Gasteiger partial charge in [0.25, 0.3) is 0 Å². The monoisotopic (exact) mass is 308 g/mol. The van der Waals surface area contributed by atoms with E-state index >= 15 is 0 Å². The zero-order valence-electron chi connectivity index (χ0n) is 9.34. The Morgan fingerprint density at radius 1 is 0.842 bits per heavy atom. The molecule has 0 aromatic heterocycles. The summed E-state index contributed by atoms with van der Waals surface area (Å²) >= 11 is 0. The summed E-state index contributed by atoms with van der Waals surface area (Å²) in [6.07, 6.45) is -20.3. The topological polar surface area (TPSA) is 18.5 Å². The normalized spacial score (nSPS) is 17.4. The van der Waals surface area contributed by atoms with Gasteiger partial charge < -0.3 is 4.74 Å². The van der Waals surface area contributed by atoms with E-state index in [4.69, 9.17) is 0 Å². The Labute approximate surface area is 101 Å². The molecule has 0 heterocycles. The summed E-state index contributed by atoms with van der Waals surface area (Å²) in [5.74, 6) is 0. The zero-order valence-corrected chi connectivity index (χ0v) is 9.34. The van der Waals surface area contributed by atoms with E-state index in [0.29, 0.717) is 0 Å². The Balaban J connectivity index is 5.01. The average molecular weight is 308 g/mol. The summed E-state index contributed by atoms with van der Waals surface area (Å²) in [6.45, 7) is 0.253. The van der Waals surface area contributed by atoms with Crippen molar-refractivity contribution in [1.82, 2.24) is 0 Å². The van der Waals surface area contributed by atoms with Gasteiger partial charge in [0.2, 0.25) is 0 Å². The molecule has 19 heavy (non-hydrogen) atoms. The highest BCUT2D eigenvalue weighted by Gasteiger charge is 2.65. The van der Waals surface area contributed by atoms with Gasteiger partial charge in [0.05, 0.1) is 6.61 Å². The van der Waals surface area contributed by atoms with Gasteiger partial charge in [-0.3, -0.25) is 4.74 Å². The SMILES string of the molecule is CCCOC(F)(OC(F)(F)CC(F)(F)F)C(F)(F)F. The molecule has 2 nitrogen and oxygen atoms in total. The Morgan fingerprint density at radius 2 is 1.32 bits per heavy atom. The first-order chi connectivity index (χ1) is 8.22. The van der Waals surface area contributed by atoms with Crippen molar-refractivity contribution in [2.45, 2.75) is 44.3 Å². The summed E-state index contributed by atoms with van der Waals surface area (Å²) in [7, 11) is 0. The van der Waals surface area contributed by atoms with E-state index in [1.165, 1.54) is 6.92 Å². The van der Waals surface area contributed by atoms with Gasteiger partial charge in [-0.1, -0.05) is 6.92 Å². The molecule has 0 aliphatic rings. The second kappa shape index (κ2) is 5.73. The largest absolute Gasteiger partial charge is 0.478 e. The van der Waals surface area contributed by atoms with Crippen LogP contribution in [0.15, 0.2) is 0 Å². The number of rotatable bonds is 6. The molecule has 0 rings (SSSR count). The molecule has 0 aromatic carbocycles. The van der Waals surface area contributed by atoms with Crippen molar-refractivity contribution >= 4 is 0 Å². The van der Waals surface area contributed by atoms with Gasteiger partial charge in [0.1, 0.15) is 6.42 Å². The predicted octanol–water partition coefficient (Wildman–Crippen LogP) is 4.16. The van der Waals surface area contributed by atoms with Gasteiger partial charge in [-0.2, -0.15) is 39.5 Å². The second-order valence-corrected chi connectivity index (χ2v) is 3.41. The van der Waals surface area contributed by atoms with Gasteiger partial charge in [0.15, 0.2) is 0 Å². The molecule has 11 heteroatoms. The first-order valence-electron chi connectivity index (χ1n) is 4.77. The van der Waals surface area contributed by atoms with Crippen LogP contribution in [-0.2, 0) is 9.47 Å². The third-order valence-electron chi connectivity index (χ3n) is 1.52. The van der Waals surface area contributed by atoms with Crippen molar-refractivity contribution in [3.63, 3.8) is 0 Å². The van der Waals surface area contributed by atoms with E-state index in [-0.39, 0.29) is 6.42 Å². The maximum atomic E-state index is 13.1. The Morgan fingerprint density at radius 3 is 1.63 bits per heavy atom. The van der Waals surface area contributed by atoms with Crippen molar-refractivity contribution < 1.29 is 49.0 Å². The molecule has 1 atom stereocenters. The van der Waals surface area contributed by atoms with E-state index in [2.05, 4.69) is 9.47 Å². The number of halogens is 9. The van der Waals surface area contributed by atoms with Crippen molar-refractivity contribution in [3.05, 3.63) is 0 Å². The van der Waals surface area contributed by atoms with Crippen LogP contribution in [0.3, 0.4) is 0 Å². The van der Waals surface area contributed by atoms with Crippen LogP contribution in [0.5, 0.6) is 0 Å². The molecule has 0 saturated heterocycles. The fourth-order valence-electron chi connectivity index (χ4n) is 0.864. The Kier molecular flexibility index (Phi) is 5.52. The summed E-state index contributed by atoms with van der Waals surface area (Å²) in [5, 5.41) is 0. The zero-order chi connectivity index (χ0) is 15.5. The first-order valence-corrected chi connectivity index (χ1v) is 4.77. The van der Waals surface area contributed by atoms with Crippen LogP contribution in [0, 0.1) is 0 Å². The summed E-state index contributed by atoms with van der Waals surface area (Å²) in [4.78, 5) is 0. The minimum atomic E-state index is -6.07. The number of ether oxygens (including phenoxy) is 2. The molecular formula is C8H9F9O2. The van der Waals surface area contributed by atoms with Crippen molar-refractivity contribution in [2.75, 3.05) is 6.61 Å². The number of alkyl halides is 9. The molecule has 1 unspecified atom stereocenters. The molecule has 0 spiro atoms. The standard InChI is InChI=1S/C8H9F9O2/c1-2-3-18-8(17,7(14,15)16)19-6(12,13)4-5(9,10)11/h2-4H2,1H3. The molecule has 0 aliphatic carbocycles. The molecule has 0 fully saturated rings. The van der Waals surface area contributed by atoms with Crippen LogP contribution in [0.25, 0.3) is 0 Å². The van der Waals surface area contributed by atoms with Gasteiger partial charge in [-0.25, -0.2) is 0 Å². The molecule has 0 N–H and O–H groups in total. The minimum absolute atomic E-state index is 0.198. The molecular weight excluding hydrogens is 299 g/mol. The van der Waals surface area contributed by atoms with Crippen LogP contribution >= 0.6 is 0 Å². The van der Waals surface area contributed by atoms with Crippen LogP contribution < -0.4 is 0 Å². The maximum Gasteiger partial charge on any atom is 0.478 e. The second-order valence-electron chi connectivity index (χ2n) is 3.41. The quantitative estimate of drug-likeness (QED) is 0.542. The molecule has 0 aliphatic heterocycles. The lowest BCUT2D eigenvalue weighted by atomic mass is 10.4. The highest BCUT2D eigenvalue weighted by Crippen LogP contribution is 2.43. The van der Waals surface area contributed by atoms with E-state index in [9.17, 15) is 39.5 Å². The molecule has 0 saturated carbocycles. The van der Waals surface area contributed by atoms with E-state index in [1.807, 2.05) is 0 Å². The van der Waals surface area contributed by atoms with Crippen LogP contribution in [-0.4, -0.2) is 31.1 Å². The predicted molar refractivity (Wildman–Crippen MR) is 42.8 cm³/mol. The first kappa shape index (κ1) is 18.3. The number of hydrogen-bond donors (Lipinski definition) is 0. The van der Waals surface area contributed by atoms with Crippen molar-refractivity contribution in [1.29, 1.82) is 0 Å². The van der Waals surface area contributed by atoms with Crippen LogP contribution in [0.2, 0.25) is 0 Å². The number of hydrogen-bond acceptors (Lipinski definition) is 2. The average Bonchev–Trinajstić information content (AvgIpc) is 2.07. The van der Waals surface area contributed by atoms with E-state index < -0.39 is 37.5 Å². The van der Waals surface area contributed by atoms with Gasteiger partial charge in [-0.05, 0) is 6.42 Å². The minimum Gasteiger partial charge on any atom is -0.317 e. The molecule has 116 valence electrons. The molecule has 0 aromatic rings. The lowest BCUT2D eigenvalue weighted by Gasteiger charge is -2.31. The van der Waals surface area contributed by atoms with E-state index in [1.54, 1.807) is 0 Å². The summed E-state index contributed by atoms with van der Waals surface area (Å²) in [6, 6.07) is -5.31. The Bertz CT molecular complexity index is 285. The lowest BCUT2D eigenvalue weighted by molar-refractivity contribution is -0.498.